The maximum Gasteiger partial charge on any atom is 0.308 e. The molecule has 1 aromatic rings. The van der Waals surface area contributed by atoms with Crippen LogP contribution in [-0.2, 0) is 0 Å². The van der Waals surface area contributed by atoms with Gasteiger partial charge in [-0.25, -0.2) is 9.97 Å². The SMILES string of the molecule is Fc1ncc(C2CNC2)cn1. The molecule has 0 bridgehead atoms. The van der Waals surface area contributed by atoms with Crippen LogP contribution in [-0.4, -0.2) is 23.1 Å². The van der Waals surface area contributed by atoms with Gasteiger partial charge in [-0.1, -0.05) is 0 Å². The van der Waals surface area contributed by atoms with Crippen LogP contribution in [0.4, 0.5) is 4.39 Å². The van der Waals surface area contributed by atoms with Gasteiger partial charge in [0.2, 0.25) is 0 Å². The Hall–Kier alpha value is -1.03. The molecule has 0 unspecified atom stereocenters. The molecular formula is C7H8FN3. The number of nitrogens with one attached hydrogen (secondary N) is 1. The third-order valence-electron chi connectivity index (χ3n) is 1.89. The molecule has 1 aromatic heterocycles. The molecule has 3 nitrogen and oxygen atoms in total. The lowest BCUT2D eigenvalue weighted by Gasteiger charge is -2.26. The predicted octanol–water partition coefficient (Wildman–Crippen LogP) is 0.302. The smallest absolute Gasteiger partial charge is 0.308 e. The van der Waals surface area contributed by atoms with E-state index in [1.807, 2.05) is 0 Å². The second-order valence-electron chi connectivity index (χ2n) is 2.64. The van der Waals surface area contributed by atoms with Crippen molar-refractivity contribution in [1.82, 2.24) is 15.3 Å². The first-order chi connectivity index (χ1) is 5.36. The fourth-order valence-electron chi connectivity index (χ4n) is 1.06. The Morgan fingerprint density at radius 2 is 2.00 bits per heavy atom. The monoisotopic (exact) mass is 153 g/mol. The second kappa shape index (κ2) is 2.54. The summed E-state index contributed by atoms with van der Waals surface area (Å²) in [5.41, 5.74) is 1.02. The standard InChI is InChI=1S/C7H8FN3/c8-7-10-3-6(4-11-7)5-1-9-2-5/h3-5,9H,1-2H2. The summed E-state index contributed by atoms with van der Waals surface area (Å²) in [6.07, 6.45) is 2.45. The highest BCUT2D eigenvalue weighted by molar-refractivity contribution is 5.14. The maximum absolute atomic E-state index is 12.2. The van der Waals surface area contributed by atoms with Crippen LogP contribution in [0, 0.1) is 6.08 Å². The Labute approximate surface area is 63.7 Å². The number of halogens is 1. The fraction of sp³-hybridized carbons (Fsp3) is 0.429. The number of hydrogen-bond acceptors (Lipinski definition) is 3. The topological polar surface area (TPSA) is 37.8 Å². The lowest BCUT2D eigenvalue weighted by Crippen LogP contribution is -2.39. The Bertz CT molecular complexity index is 242. The molecule has 1 aliphatic rings. The van der Waals surface area contributed by atoms with Crippen molar-refractivity contribution >= 4 is 0 Å². The molecule has 2 rings (SSSR count). The second-order valence-corrected chi connectivity index (χ2v) is 2.64. The van der Waals surface area contributed by atoms with Crippen LogP contribution >= 0.6 is 0 Å². The lowest BCUT2D eigenvalue weighted by molar-refractivity contribution is 0.442. The molecular weight excluding hydrogens is 145 g/mol. The highest BCUT2D eigenvalue weighted by Crippen LogP contribution is 2.17. The van der Waals surface area contributed by atoms with Gasteiger partial charge in [0.05, 0.1) is 0 Å². The van der Waals surface area contributed by atoms with Gasteiger partial charge in [0, 0.05) is 31.4 Å². The summed E-state index contributed by atoms with van der Waals surface area (Å²) in [5.74, 6) is 0.482. The van der Waals surface area contributed by atoms with E-state index in [1.165, 1.54) is 0 Å². The van der Waals surface area contributed by atoms with Crippen molar-refractivity contribution in [2.45, 2.75) is 5.92 Å². The lowest BCUT2D eigenvalue weighted by atomic mass is 9.97. The van der Waals surface area contributed by atoms with Crippen LogP contribution in [0.25, 0.3) is 0 Å². The summed E-state index contributed by atoms with van der Waals surface area (Å²) in [6.45, 7) is 1.91. The molecule has 0 aromatic carbocycles. The molecule has 0 atom stereocenters. The van der Waals surface area contributed by atoms with E-state index >= 15 is 0 Å². The van der Waals surface area contributed by atoms with Crippen LogP contribution in [0.5, 0.6) is 0 Å². The van der Waals surface area contributed by atoms with E-state index in [-0.39, 0.29) is 0 Å². The molecule has 1 N–H and O–H groups in total. The largest absolute Gasteiger partial charge is 0.315 e. The molecule has 4 heteroatoms. The highest BCUT2D eigenvalue weighted by Gasteiger charge is 2.19. The molecule has 0 radical (unpaired) electrons. The number of nitrogens with zero attached hydrogens (tertiary/aromatic N) is 2. The average molecular weight is 153 g/mol. The molecule has 0 spiro atoms. The summed E-state index contributed by atoms with van der Waals surface area (Å²) < 4.78 is 12.2. The summed E-state index contributed by atoms with van der Waals surface area (Å²) in [4.78, 5) is 6.95. The first-order valence-electron chi connectivity index (χ1n) is 3.54. The zero-order chi connectivity index (χ0) is 7.68. The third kappa shape index (κ3) is 1.21. The van der Waals surface area contributed by atoms with Crippen LogP contribution < -0.4 is 5.32 Å². The van der Waals surface area contributed by atoms with E-state index < -0.39 is 6.08 Å². The van der Waals surface area contributed by atoms with Gasteiger partial charge in [-0.05, 0) is 5.56 Å². The average Bonchev–Trinajstić information content (AvgIpc) is 1.90. The first kappa shape index (κ1) is 6.67. The number of rotatable bonds is 1. The molecule has 1 saturated heterocycles. The minimum Gasteiger partial charge on any atom is -0.315 e. The molecule has 2 heterocycles. The van der Waals surface area contributed by atoms with E-state index in [9.17, 15) is 4.39 Å². The van der Waals surface area contributed by atoms with E-state index in [2.05, 4.69) is 15.3 Å². The zero-order valence-corrected chi connectivity index (χ0v) is 5.92. The van der Waals surface area contributed by atoms with E-state index in [4.69, 9.17) is 0 Å². The van der Waals surface area contributed by atoms with Crippen molar-refractivity contribution in [2.75, 3.05) is 13.1 Å². The van der Waals surface area contributed by atoms with Gasteiger partial charge >= 0.3 is 6.08 Å². The van der Waals surface area contributed by atoms with Gasteiger partial charge in [0.25, 0.3) is 0 Å². The van der Waals surface area contributed by atoms with Gasteiger partial charge in [-0.15, -0.1) is 0 Å². The van der Waals surface area contributed by atoms with E-state index in [0.717, 1.165) is 18.7 Å². The van der Waals surface area contributed by atoms with Gasteiger partial charge in [-0.2, -0.15) is 4.39 Å². The van der Waals surface area contributed by atoms with Crippen molar-refractivity contribution in [3.05, 3.63) is 24.0 Å². The van der Waals surface area contributed by atoms with Crippen molar-refractivity contribution in [3.63, 3.8) is 0 Å². The number of aromatic nitrogens is 2. The fourth-order valence-corrected chi connectivity index (χ4v) is 1.06. The zero-order valence-electron chi connectivity index (χ0n) is 5.92. The highest BCUT2D eigenvalue weighted by atomic mass is 19.1. The minimum atomic E-state index is -0.652. The normalized spacial score (nSPS) is 17.9. The predicted molar refractivity (Wildman–Crippen MR) is 37.6 cm³/mol. The van der Waals surface area contributed by atoms with Gasteiger partial charge in [0.1, 0.15) is 0 Å². The molecule has 0 saturated carbocycles. The van der Waals surface area contributed by atoms with Crippen molar-refractivity contribution in [3.8, 4) is 0 Å². The van der Waals surface area contributed by atoms with Crippen molar-refractivity contribution < 1.29 is 4.39 Å². The van der Waals surface area contributed by atoms with E-state index in [0.29, 0.717) is 5.92 Å². The Kier molecular flexibility index (Phi) is 1.54. The summed E-state index contributed by atoms with van der Waals surface area (Å²) in [7, 11) is 0. The molecule has 0 amide bonds. The Morgan fingerprint density at radius 1 is 1.36 bits per heavy atom. The number of hydrogen-bond donors (Lipinski definition) is 1. The van der Waals surface area contributed by atoms with Crippen molar-refractivity contribution in [1.29, 1.82) is 0 Å². The first-order valence-corrected chi connectivity index (χ1v) is 3.54. The van der Waals surface area contributed by atoms with Crippen LogP contribution in [0.15, 0.2) is 12.4 Å². The van der Waals surface area contributed by atoms with Gasteiger partial charge in [-0.3, -0.25) is 0 Å². The third-order valence-corrected chi connectivity index (χ3v) is 1.89. The summed E-state index contributed by atoms with van der Waals surface area (Å²) in [6, 6.07) is 0. The van der Waals surface area contributed by atoms with Gasteiger partial charge in [0.15, 0.2) is 0 Å². The molecule has 1 fully saturated rings. The summed E-state index contributed by atoms with van der Waals surface area (Å²) in [5, 5.41) is 3.13. The maximum atomic E-state index is 12.2. The molecule has 0 aliphatic carbocycles. The van der Waals surface area contributed by atoms with Crippen LogP contribution in [0.2, 0.25) is 0 Å². The van der Waals surface area contributed by atoms with Crippen molar-refractivity contribution in [2.24, 2.45) is 0 Å². The van der Waals surface area contributed by atoms with Crippen LogP contribution in [0.3, 0.4) is 0 Å². The Morgan fingerprint density at radius 3 is 2.45 bits per heavy atom. The summed E-state index contributed by atoms with van der Waals surface area (Å²) >= 11 is 0. The molecule has 11 heavy (non-hydrogen) atoms. The Balaban J connectivity index is 2.18. The minimum absolute atomic E-state index is 0.482. The van der Waals surface area contributed by atoms with Gasteiger partial charge < -0.3 is 5.32 Å². The molecule has 58 valence electrons. The van der Waals surface area contributed by atoms with Crippen LogP contribution in [0.1, 0.15) is 11.5 Å². The van der Waals surface area contributed by atoms with E-state index in [1.54, 1.807) is 12.4 Å². The molecule has 1 aliphatic heterocycles. The quantitative estimate of drug-likeness (QED) is 0.590.